The van der Waals surface area contributed by atoms with Gasteiger partial charge in [0.15, 0.2) is 0 Å². The third-order valence-electron chi connectivity index (χ3n) is 4.33. The Morgan fingerprint density at radius 1 is 0.406 bits per heavy atom. The van der Waals surface area contributed by atoms with Crippen molar-refractivity contribution in [2.45, 2.75) is 0 Å². The number of nitrogen functional groups attached to an aromatic ring is 2. The van der Waals surface area contributed by atoms with Gasteiger partial charge in [-0.3, -0.25) is 40.9 Å². The molecule has 0 aliphatic heterocycles. The van der Waals surface area contributed by atoms with Crippen molar-refractivity contribution in [3.05, 3.63) is 95.1 Å². The Balaban J connectivity index is 1.51. The Kier molecular flexibility index (Phi) is 6.66. The van der Waals surface area contributed by atoms with Gasteiger partial charge in [-0.2, -0.15) is 0 Å². The first kappa shape index (κ1) is 21.8. The molecule has 0 atom stereocenters. The van der Waals surface area contributed by atoms with E-state index in [2.05, 4.69) is 21.7 Å². The van der Waals surface area contributed by atoms with E-state index in [4.69, 9.17) is 11.5 Å². The summed E-state index contributed by atoms with van der Waals surface area (Å²) in [6.45, 7) is 0. The molecule has 10 nitrogen and oxygen atoms in total. The fourth-order valence-electron chi connectivity index (χ4n) is 2.56. The SMILES string of the molecule is Nc1ccc(C(=O)NNC(=O)c2ccc(C(=O)NNC(=O)c3ccc(N)cc3)cc2)cc1. The van der Waals surface area contributed by atoms with E-state index < -0.39 is 23.6 Å². The molecule has 0 aliphatic rings. The third kappa shape index (κ3) is 5.60. The largest absolute Gasteiger partial charge is 0.399 e. The summed E-state index contributed by atoms with van der Waals surface area (Å²) >= 11 is 0. The van der Waals surface area contributed by atoms with Crippen molar-refractivity contribution in [2.24, 2.45) is 0 Å². The molecule has 32 heavy (non-hydrogen) atoms. The van der Waals surface area contributed by atoms with Crippen LogP contribution in [0.1, 0.15) is 41.4 Å². The fraction of sp³-hybridized carbons (Fsp3) is 0. The molecule has 0 fully saturated rings. The van der Waals surface area contributed by atoms with Crippen LogP contribution in [0.25, 0.3) is 0 Å². The van der Waals surface area contributed by atoms with Crippen molar-refractivity contribution in [1.29, 1.82) is 0 Å². The van der Waals surface area contributed by atoms with E-state index in [1.54, 1.807) is 24.3 Å². The average Bonchev–Trinajstić information content (AvgIpc) is 2.81. The minimum absolute atomic E-state index is 0.213. The van der Waals surface area contributed by atoms with Crippen molar-refractivity contribution in [3.8, 4) is 0 Å². The molecular weight excluding hydrogens is 412 g/mol. The van der Waals surface area contributed by atoms with Crippen LogP contribution < -0.4 is 33.2 Å². The molecule has 0 bridgehead atoms. The minimum Gasteiger partial charge on any atom is -0.399 e. The standard InChI is InChI=1S/C22H20N6O4/c23-17-9-5-15(6-10-17)21(31)27-25-19(29)13-1-2-14(4-3-13)20(30)26-28-22(32)16-7-11-18(24)12-8-16/h1-12H,23-24H2,(H,25,29)(H,26,30)(H,27,31)(H,28,32). The molecule has 0 aliphatic carbocycles. The smallest absolute Gasteiger partial charge is 0.269 e. The molecule has 3 rings (SSSR count). The van der Waals surface area contributed by atoms with Gasteiger partial charge in [-0.05, 0) is 72.8 Å². The van der Waals surface area contributed by atoms with Gasteiger partial charge >= 0.3 is 0 Å². The topological polar surface area (TPSA) is 168 Å². The molecule has 0 unspecified atom stereocenters. The zero-order chi connectivity index (χ0) is 23.1. The Bertz CT molecular complexity index is 1050. The second-order valence-corrected chi connectivity index (χ2v) is 6.64. The number of nitrogens with two attached hydrogens (primary N) is 2. The minimum atomic E-state index is -0.572. The Labute approximate surface area is 182 Å². The summed E-state index contributed by atoms with van der Waals surface area (Å²) < 4.78 is 0. The predicted molar refractivity (Wildman–Crippen MR) is 118 cm³/mol. The summed E-state index contributed by atoms with van der Waals surface area (Å²) in [5.74, 6) is -2.16. The number of nitrogens with one attached hydrogen (secondary N) is 4. The van der Waals surface area contributed by atoms with Gasteiger partial charge in [-0.25, -0.2) is 0 Å². The van der Waals surface area contributed by atoms with Crippen LogP contribution in [0.3, 0.4) is 0 Å². The van der Waals surface area contributed by atoms with E-state index in [0.717, 1.165) is 0 Å². The summed E-state index contributed by atoms with van der Waals surface area (Å²) in [4.78, 5) is 48.4. The molecule has 162 valence electrons. The van der Waals surface area contributed by atoms with Crippen LogP contribution >= 0.6 is 0 Å². The molecule has 4 amide bonds. The first-order valence-corrected chi connectivity index (χ1v) is 9.36. The van der Waals surface area contributed by atoms with Crippen molar-refractivity contribution >= 4 is 35.0 Å². The van der Waals surface area contributed by atoms with Crippen LogP contribution in [0.2, 0.25) is 0 Å². The van der Waals surface area contributed by atoms with Crippen molar-refractivity contribution < 1.29 is 19.2 Å². The van der Waals surface area contributed by atoms with E-state index in [1.165, 1.54) is 48.5 Å². The number of anilines is 2. The van der Waals surface area contributed by atoms with E-state index in [1.807, 2.05) is 0 Å². The van der Waals surface area contributed by atoms with Gasteiger partial charge in [0, 0.05) is 33.6 Å². The lowest BCUT2D eigenvalue weighted by Gasteiger charge is -2.09. The maximum atomic E-state index is 12.2. The van der Waals surface area contributed by atoms with Gasteiger partial charge in [0.2, 0.25) is 0 Å². The zero-order valence-electron chi connectivity index (χ0n) is 16.7. The van der Waals surface area contributed by atoms with Crippen LogP contribution in [0, 0.1) is 0 Å². The molecule has 0 heterocycles. The van der Waals surface area contributed by atoms with Crippen LogP contribution in [-0.4, -0.2) is 23.6 Å². The third-order valence-corrected chi connectivity index (χ3v) is 4.33. The zero-order valence-corrected chi connectivity index (χ0v) is 16.7. The Morgan fingerprint density at radius 2 is 0.594 bits per heavy atom. The highest BCUT2D eigenvalue weighted by Crippen LogP contribution is 2.07. The highest BCUT2D eigenvalue weighted by Gasteiger charge is 2.12. The number of amides is 4. The number of hydrogen-bond donors (Lipinski definition) is 6. The molecular formula is C22H20N6O4. The number of benzene rings is 3. The molecule has 3 aromatic carbocycles. The van der Waals surface area contributed by atoms with Gasteiger partial charge in [-0.1, -0.05) is 0 Å². The van der Waals surface area contributed by atoms with Crippen molar-refractivity contribution in [2.75, 3.05) is 11.5 Å². The molecule has 10 heteroatoms. The lowest BCUT2D eigenvalue weighted by atomic mass is 10.1. The maximum absolute atomic E-state index is 12.2. The summed E-state index contributed by atoms with van der Waals surface area (Å²) in [6, 6.07) is 18.0. The fourth-order valence-corrected chi connectivity index (χ4v) is 2.56. The molecule has 0 saturated heterocycles. The molecule has 0 aromatic heterocycles. The van der Waals surface area contributed by atoms with E-state index in [0.29, 0.717) is 22.5 Å². The number of hydrazine groups is 2. The molecule has 3 aromatic rings. The Morgan fingerprint density at radius 3 is 0.812 bits per heavy atom. The first-order chi connectivity index (χ1) is 15.3. The summed E-state index contributed by atoms with van der Waals surface area (Å²) in [7, 11) is 0. The van der Waals surface area contributed by atoms with E-state index in [-0.39, 0.29) is 11.1 Å². The normalized spacial score (nSPS) is 10.0. The molecule has 0 saturated carbocycles. The lowest BCUT2D eigenvalue weighted by Crippen LogP contribution is -2.42. The van der Waals surface area contributed by atoms with Crippen LogP contribution in [0.4, 0.5) is 11.4 Å². The second-order valence-electron chi connectivity index (χ2n) is 6.64. The molecule has 8 N–H and O–H groups in total. The maximum Gasteiger partial charge on any atom is 0.269 e. The van der Waals surface area contributed by atoms with Gasteiger partial charge in [0.05, 0.1) is 0 Å². The van der Waals surface area contributed by atoms with Gasteiger partial charge < -0.3 is 11.5 Å². The highest BCUT2D eigenvalue weighted by atomic mass is 16.2. The number of carbonyl (C=O) groups is 4. The second kappa shape index (κ2) is 9.76. The average molecular weight is 432 g/mol. The molecule has 0 spiro atoms. The van der Waals surface area contributed by atoms with Crippen LogP contribution in [0.15, 0.2) is 72.8 Å². The number of rotatable bonds is 4. The number of carbonyl (C=O) groups excluding carboxylic acids is 4. The number of hydrogen-bond acceptors (Lipinski definition) is 6. The van der Waals surface area contributed by atoms with Crippen molar-refractivity contribution in [1.82, 2.24) is 21.7 Å². The van der Waals surface area contributed by atoms with Crippen LogP contribution in [0.5, 0.6) is 0 Å². The summed E-state index contributed by atoms with van der Waals surface area (Å²) in [5, 5.41) is 0. The van der Waals surface area contributed by atoms with Crippen molar-refractivity contribution in [3.63, 3.8) is 0 Å². The van der Waals surface area contributed by atoms with Crippen LogP contribution in [-0.2, 0) is 0 Å². The summed E-state index contributed by atoms with van der Waals surface area (Å²) in [5.41, 5.74) is 22.4. The van der Waals surface area contributed by atoms with Gasteiger partial charge in [-0.15, -0.1) is 0 Å². The van der Waals surface area contributed by atoms with E-state index in [9.17, 15) is 19.2 Å². The van der Waals surface area contributed by atoms with Gasteiger partial charge in [0.25, 0.3) is 23.6 Å². The highest BCUT2D eigenvalue weighted by molar-refractivity contribution is 6.01. The quantitative estimate of drug-likeness (QED) is 0.265. The van der Waals surface area contributed by atoms with Gasteiger partial charge in [0.1, 0.15) is 0 Å². The monoisotopic (exact) mass is 432 g/mol. The molecule has 0 radical (unpaired) electrons. The summed E-state index contributed by atoms with van der Waals surface area (Å²) in [6.07, 6.45) is 0. The lowest BCUT2D eigenvalue weighted by molar-refractivity contribution is 0.0844. The predicted octanol–water partition coefficient (Wildman–Crippen LogP) is 1.00. The first-order valence-electron chi connectivity index (χ1n) is 9.36. The Hall–Kier alpha value is -4.86. The van der Waals surface area contributed by atoms with E-state index >= 15 is 0 Å².